The van der Waals surface area contributed by atoms with E-state index in [9.17, 15) is 4.79 Å². The lowest BCUT2D eigenvalue weighted by Crippen LogP contribution is -2.08. The van der Waals surface area contributed by atoms with Crippen molar-refractivity contribution < 1.29 is 14.3 Å². The number of hydrogen-bond donors (Lipinski definition) is 1. The SMILES string of the molecule is COc1cccc(COC(=O)Cc2ccc(S)cc2)c1. The highest BCUT2D eigenvalue weighted by Crippen LogP contribution is 2.14. The van der Waals surface area contributed by atoms with Gasteiger partial charge in [-0.25, -0.2) is 0 Å². The maximum absolute atomic E-state index is 11.8. The van der Waals surface area contributed by atoms with E-state index in [1.54, 1.807) is 7.11 Å². The van der Waals surface area contributed by atoms with Crippen molar-refractivity contribution in [1.82, 2.24) is 0 Å². The summed E-state index contributed by atoms with van der Waals surface area (Å²) in [5.41, 5.74) is 1.82. The molecule has 0 bridgehead atoms. The Hall–Kier alpha value is -1.94. The summed E-state index contributed by atoms with van der Waals surface area (Å²) in [7, 11) is 1.61. The second-order valence-corrected chi connectivity index (χ2v) is 4.87. The molecule has 20 heavy (non-hydrogen) atoms. The minimum atomic E-state index is -0.250. The van der Waals surface area contributed by atoms with Crippen LogP contribution in [-0.4, -0.2) is 13.1 Å². The highest BCUT2D eigenvalue weighted by molar-refractivity contribution is 7.80. The summed E-state index contributed by atoms with van der Waals surface area (Å²) in [5, 5.41) is 0. The summed E-state index contributed by atoms with van der Waals surface area (Å²) < 4.78 is 10.4. The van der Waals surface area contributed by atoms with E-state index in [-0.39, 0.29) is 19.0 Å². The smallest absolute Gasteiger partial charge is 0.310 e. The van der Waals surface area contributed by atoms with Crippen molar-refractivity contribution in [3.8, 4) is 5.75 Å². The van der Waals surface area contributed by atoms with Crippen molar-refractivity contribution in [3.63, 3.8) is 0 Å². The van der Waals surface area contributed by atoms with Gasteiger partial charge in [0.1, 0.15) is 12.4 Å². The predicted molar refractivity (Wildman–Crippen MR) is 80.2 cm³/mol. The first-order valence-corrected chi connectivity index (χ1v) is 6.68. The average Bonchev–Trinajstić information content (AvgIpc) is 2.48. The molecule has 0 aliphatic carbocycles. The zero-order valence-corrected chi connectivity index (χ0v) is 12.1. The van der Waals surface area contributed by atoms with Gasteiger partial charge in [-0.3, -0.25) is 4.79 Å². The van der Waals surface area contributed by atoms with Gasteiger partial charge in [0, 0.05) is 4.90 Å². The van der Waals surface area contributed by atoms with Crippen LogP contribution >= 0.6 is 12.6 Å². The van der Waals surface area contributed by atoms with Crippen molar-refractivity contribution in [2.24, 2.45) is 0 Å². The number of carbonyl (C=O) groups excluding carboxylic acids is 1. The molecule has 3 nitrogen and oxygen atoms in total. The molecular formula is C16H16O3S. The van der Waals surface area contributed by atoms with E-state index in [1.807, 2.05) is 48.5 Å². The lowest BCUT2D eigenvalue weighted by atomic mass is 10.1. The highest BCUT2D eigenvalue weighted by atomic mass is 32.1. The van der Waals surface area contributed by atoms with Crippen LogP contribution in [0.5, 0.6) is 5.75 Å². The molecule has 0 aliphatic rings. The van der Waals surface area contributed by atoms with Gasteiger partial charge in [0.25, 0.3) is 0 Å². The molecule has 2 rings (SSSR count). The lowest BCUT2D eigenvalue weighted by molar-refractivity contribution is -0.144. The fourth-order valence-corrected chi connectivity index (χ4v) is 1.91. The van der Waals surface area contributed by atoms with Gasteiger partial charge < -0.3 is 9.47 Å². The maximum atomic E-state index is 11.8. The standard InChI is InChI=1S/C16H16O3S/c1-18-14-4-2-3-13(9-14)11-19-16(17)10-12-5-7-15(20)8-6-12/h2-9,20H,10-11H2,1H3. The van der Waals surface area contributed by atoms with Crippen molar-refractivity contribution in [1.29, 1.82) is 0 Å². The van der Waals surface area contributed by atoms with Crippen LogP contribution in [0.25, 0.3) is 0 Å². The Kier molecular flexibility index (Phi) is 5.07. The van der Waals surface area contributed by atoms with Gasteiger partial charge in [0.2, 0.25) is 0 Å². The molecule has 104 valence electrons. The van der Waals surface area contributed by atoms with Gasteiger partial charge in [-0.1, -0.05) is 24.3 Å². The van der Waals surface area contributed by atoms with Crippen LogP contribution in [0.4, 0.5) is 0 Å². The van der Waals surface area contributed by atoms with E-state index in [0.717, 1.165) is 21.8 Å². The minimum absolute atomic E-state index is 0.250. The van der Waals surface area contributed by atoms with Crippen LogP contribution in [0, 0.1) is 0 Å². The minimum Gasteiger partial charge on any atom is -0.497 e. The molecule has 0 unspecified atom stereocenters. The Morgan fingerprint density at radius 1 is 1.10 bits per heavy atom. The molecule has 0 radical (unpaired) electrons. The Balaban J connectivity index is 1.87. The summed E-state index contributed by atoms with van der Waals surface area (Å²) >= 11 is 4.20. The molecule has 4 heteroatoms. The molecule has 0 saturated carbocycles. The number of carbonyl (C=O) groups is 1. The van der Waals surface area contributed by atoms with Gasteiger partial charge in [0.15, 0.2) is 0 Å². The van der Waals surface area contributed by atoms with E-state index in [2.05, 4.69) is 12.6 Å². The predicted octanol–water partition coefficient (Wildman–Crippen LogP) is 3.27. The van der Waals surface area contributed by atoms with E-state index >= 15 is 0 Å². The third-order valence-electron chi connectivity index (χ3n) is 2.82. The van der Waals surface area contributed by atoms with Crippen LogP contribution in [-0.2, 0) is 22.6 Å². The maximum Gasteiger partial charge on any atom is 0.310 e. The Labute approximate surface area is 123 Å². The quantitative estimate of drug-likeness (QED) is 0.677. The van der Waals surface area contributed by atoms with E-state index in [0.29, 0.717) is 0 Å². The number of benzene rings is 2. The molecule has 0 aromatic heterocycles. The third-order valence-corrected chi connectivity index (χ3v) is 3.12. The molecule has 2 aromatic rings. The molecule has 0 spiro atoms. The second kappa shape index (κ2) is 7.01. The third kappa shape index (κ3) is 4.31. The van der Waals surface area contributed by atoms with Crippen LogP contribution in [0.1, 0.15) is 11.1 Å². The number of ether oxygens (including phenoxy) is 2. The molecular weight excluding hydrogens is 272 g/mol. The van der Waals surface area contributed by atoms with Crippen molar-refractivity contribution in [2.75, 3.05) is 7.11 Å². The molecule has 0 aliphatic heterocycles. The van der Waals surface area contributed by atoms with E-state index < -0.39 is 0 Å². The van der Waals surface area contributed by atoms with Gasteiger partial charge in [-0.05, 0) is 35.4 Å². The van der Waals surface area contributed by atoms with Crippen molar-refractivity contribution >= 4 is 18.6 Å². The van der Waals surface area contributed by atoms with Crippen molar-refractivity contribution in [2.45, 2.75) is 17.9 Å². The zero-order valence-electron chi connectivity index (χ0n) is 11.2. The Morgan fingerprint density at radius 2 is 1.85 bits per heavy atom. The monoisotopic (exact) mass is 288 g/mol. The Bertz CT molecular complexity index is 579. The summed E-state index contributed by atoms with van der Waals surface area (Å²) in [6.45, 7) is 0.251. The summed E-state index contributed by atoms with van der Waals surface area (Å²) in [6.07, 6.45) is 0.262. The van der Waals surface area contributed by atoms with Crippen LogP contribution < -0.4 is 4.74 Å². The molecule has 0 saturated heterocycles. The van der Waals surface area contributed by atoms with Crippen molar-refractivity contribution in [3.05, 3.63) is 59.7 Å². The number of esters is 1. The van der Waals surface area contributed by atoms with Gasteiger partial charge in [-0.15, -0.1) is 12.6 Å². The fourth-order valence-electron chi connectivity index (χ4n) is 1.76. The van der Waals surface area contributed by atoms with Gasteiger partial charge in [0.05, 0.1) is 13.5 Å². The molecule has 0 amide bonds. The molecule has 0 N–H and O–H groups in total. The molecule has 0 heterocycles. The number of thiol groups is 1. The largest absolute Gasteiger partial charge is 0.497 e. The fraction of sp³-hybridized carbons (Fsp3) is 0.188. The zero-order chi connectivity index (χ0) is 14.4. The number of methoxy groups -OCH3 is 1. The second-order valence-electron chi connectivity index (χ2n) is 4.36. The summed E-state index contributed by atoms with van der Waals surface area (Å²) in [6, 6.07) is 14.9. The number of hydrogen-bond acceptors (Lipinski definition) is 4. The van der Waals surface area contributed by atoms with Gasteiger partial charge >= 0.3 is 5.97 Å². The normalized spacial score (nSPS) is 10.1. The Morgan fingerprint density at radius 3 is 2.55 bits per heavy atom. The lowest BCUT2D eigenvalue weighted by Gasteiger charge is -2.07. The molecule has 2 aromatic carbocycles. The van der Waals surface area contributed by atoms with Crippen LogP contribution in [0.2, 0.25) is 0 Å². The van der Waals surface area contributed by atoms with Gasteiger partial charge in [-0.2, -0.15) is 0 Å². The average molecular weight is 288 g/mol. The van der Waals surface area contributed by atoms with Crippen LogP contribution in [0.3, 0.4) is 0 Å². The topological polar surface area (TPSA) is 35.5 Å². The van der Waals surface area contributed by atoms with Crippen LogP contribution in [0.15, 0.2) is 53.4 Å². The molecule has 0 atom stereocenters. The highest BCUT2D eigenvalue weighted by Gasteiger charge is 2.05. The summed E-state index contributed by atoms with van der Waals surface area (Å²) in [4.78, 5) is 12.6. The van der Waals surface area contributed by atoms with E-state index in [1.165, 1.54) is 0 Å². The summed E-state index contributed by atoms with van der Waals surface area (Å²) in [5.74, 6) is 0.502. The number of rotatable bonds is 5. The first-order chi connectivity index (χ1) is 9.67. The molecule has 0 fully saturated rings. The van der Waals surface area contributed by atoms with E-state index in [4.69, 9.17) is 9.47 Å². The first kappa shape index (κ1) is 14.5. The first-order valence-electron chi connectivity index (χ1n) is 6.24.